The molecule has 0 aliphatic rings. The molecule has 0 radical (unpaired) electrons. The molecule has 0 fully saturated rings. The first-order valence-electron chi connectivity index (χ1n) is 3.21. The van der Waals surface area contributed by atoms with Gasteiger partial charge in [-0.2, -0.15) is 0 Å². The van der Waals surface area contributed by atoms with Crippen LogP contribution in [0.5, 0.6) is 0 Å². The summed E-state index contributed by atoms with van der Waals surface area (Å²) in [5.41, 5.74) is 0. The molecule has 62 valence electrons. The molecule has 0 saturated carbocycles. The van der Waals surface area contributed by atoms with Gasteiger partial charge in [0.2, 0.25) is 0 Å². The Morgan fingerprint density at radius 1 is 1.10 bits per heavy atom. The van der Waals surface area contributed by atoms with Crippen molar-refractivity contribution in [3.05, 3.63) is 0 Å². The van der Waals surface area contributed by atoms with Crippen molar-refractivity contribution in [2.75, 3.05) is 7.11 Å². The molecule has 0 spiro atoms. The van der Waals surface area contributed by atoms with E-state index < -0.39 is 16.2 Å². The topological polar surface area (TPSA) is 18.5 Å². The van der Waals surface area contributed by atoms with Crippen molar-refractivity contribution in [2.45, 2.75) is 26.2 Å². The van der Waals surface area contributed by atoms with E-state index in [-0.39, 0.29) is 0 Å². The molecule has 10 heavy (non-hydrogen) atoms. The van der Waals surface area contributed by atoms with Gasteiger partial charge in [0.05, 0.1) is 0 Å². The van der Waals surface area contributed by atoms with Crippen LogP contribution >= 0.6 is 11.1 Å². The third-order valence-corrected chi connectivity index (χ3v) is 6.57. The van der Waals surface area contributed by atoms with Crippen LogP contribution in [0.25, 0.3) is 0 Å². The van der Waals surface area contributed by atoms with Gasteiger partial charge < -0.3 is 8.54 Å². The predicted molar refractivity (Wildman–Crippen MR) is 48.9 cm³/mol. The van der Waals surface area contributed by atoms with Crippen molar-refractivity contribution in [3.8, 4) is 0 Å². The van der Waals surface area contributed by atoms with Crippen LogP contribution in [0.4, 0.5) is 0 Å². The maximum atomic E-state index is 5.97. The van der Waals surface area contributed by atoms with Crippen LogP contribution in [0.2, 0.25) is 26.2 Å². The van der Waals surface area contributed by atoms with E-state index in [1.807, 2.05) is 26.2 Å². The highest BCUT2D eigenvalue weighted by Gasteiger charge is 2.32. The lowest BCUT2D eigenvalue weighted by atomic mass is 11.8. The zero-order valence-corrected chi connectivity index (χ0v) is 9.95. The van der Waals surface area contributed by atoms with Gasteiger partial charge in [0.25, 0.3) is 7.63 Å². The fourth-order valence-electron chi connectivity index (χ4n) is 0.626. The van der Waals surface area contributed by atoms with Gasteiger partial charge in [-0.3, -0.25) is 0 Å². The molecule has 0 heterocycles. The van der Waals surface area contributed by atoms with Crippen molar-refractivity contribution in [2.24, 2.45) is 0 Å². The highest BCUT2D eigenvalue weighted by Crippen LogP contribution is 2.17. The molecule has 0 saturated heterocycles. The molecule has 2 nitrogen and oxygen atoms in total. The minimum atomic E-state index is -1.90. The summed E-state index contributed by atoms with van der Waals surface area (Å²) in [6, 6.07) is 0. The van der Waals surface area contributed by atoms with Gasteiger partial charge in [-0.25, -0.2) is 0 Å². The predicted octanol–water partition coefficient (Wildman–Crippen LogP) is 2.29. The molecule has 0 rings (SSSR count). The summed E-state index contributed by atoms with van der Waals surface area (Å²) < 4.78 is 10.8. The molecule has 0 aliphatic carbocycles. The van der Waals surface area contributed by atoms with E-state index in [1.165, 1.54) is 0 Å². The summed E-state index contributed by atoms with van der Waals surface area (Å²) in [6.45, 7) is 7.87. The Bertz CT molecular complexity index is 111. The molecule has 0 bridgehead atoms. The average Bonchev–Trinajstić information content (AvgIpc) is 1.60. The van der Waals surface area contributed by atoms with E-state index in [1.54, 1.807) is 7.11 Å². The van der Waals surface area contributed by atoms with Crippen LogP contribution in [0, 0.1) is 0 Å². The normalized spacial score (nSPS) is 13.8. The molecule has 0 amide bonds. The van der Waals surface area contributed by atoms with E-state index >= 15 is 0 Å². The maximum absolute atomic E-state index is 5.97. The molecule has 0 N–H and O–H groups in total. The molecule has 5 heteroatoms. The van der Waals surface area contributed by atoms with Gasteiger partial charge in [0.15, 0.2) is 0 Å². The summed E-state index contributed by atoms with van der Waals surface area (Å²) >= 11 is 5.97. The standard InChI is InChI=1S/C5H15ClO2Si2/c1-7-10(4,5)8-9(2,3)6/h1-5H3. The second kappa shape index (κ2) is 3.36. The van der Waals surface area contributed by atoms with Crippen molar-refractivity contribution >= 4 is 27.3 Å². The van der Waals surface area contributed by atoms with Crippen molar-refractivity contribution in [1.82, 2.24) is 0 Å². The number of halogens is 1. The van der Waals surface area contributed by atoms with E-state index in [2.05, 4.69) is 0 Å². The van der Waals surface area contributed by atoms with Crippen molar-refractivity contribution in [1.29, 1.82) is 0 Å². The molecule has 0 unspecified atom stereocenters. The van der Waals surface area contributed by atoms with E-state index in [0.29, 0.717) is 0 Å². The molecule has 0 aromatic heterocycles. The molecular weight excluding hydrogens is 184 g/mol. The van der Waals surface area contributed by atoms with Crippen LogP contribution < -0.4 is 0 Å². The Morgan fingerprint density at radius 2 is 1.50 bits per heavy atom. The summed E-state index contributed by atoms with van der Waals surface area (Å²) in [5, 5.41) is 0. The lowest BCUT2D eigenvalue weighted by Crippen LogP contribution is -2.42. The first-order chi connectivity index (χ1) is 4.27. The van der Waals surface area contributed by atoms with Gasteiger partial charge in [-0.05, 0) is 26.2 Å². The maximum Gasteiger partial charge on any atom is 0.321 e. The van der Waals surface area contributed by atoms with E-state index in [4.69, 9.17) is 19.6 Å². The SMILES string of the molecule is CO[Si](C)(C)O[Si](C)(C)Cl. The minimum absolute atomic E-state index is 1.67. The number of hydrogen-bond acceptors (Lipinski definition) is 2. The summed E-state index contributed by atoms with van der Waals surface area (Å²) in [4.78, 5) is 0. The smallest absolute Gasteiger partial charge is 0.321 e. The quantitative estimate of drug-likeness (QED) is 0.512. The van der Waals surface area contributed by atoms with Gasteiger partial charge in [-0.1, -0.05) is 0 Å². The van der Waals surface area contributed by atoms with Crippen molar-refractivity contribution < 1.29 is 8.54 Å². The Morgan fingerprint density at radius 3 is 1.60 bits per heavy atom. The second-order valence-electron chi connectivity index (χ2n) is 3.07. The lowest BCUT2D eigenvalue weighted by molar-refractivity contribution is 0.315. The monoisotopic (exact) mass is 198 g/mol. The van der Waals surface area contributed by atoms with Crippen LogP contribution in [-0.4, -0.2) is 23.3 Å². The van der Waals surface area contributed by atoms with Crippen LogP contribution in [0.15, 0.2) is 0 Å². The summed E-state index contributed by atoms with van der Waals surface area (Å²) in [5.74, 6) is 0. The first-order valence-corrected chi connectivity index (χ1v) is 9.95. The van der Waals surface area contributed by atoms with Crippen LogP contribution in [0.3, 0.4) is 0 Å². The highest BCUT2D eigenvalue weighted by atomic mass is 35.6. The zero-order chi connectivity index (χ0) is 8.41. The molecule has 0 aromatic rings. The highest BCUT2D eigenvalue weighted by molar-refractivity contribution is 7.17. The number of rotatable bonds is 3. The van der Waals surface area contributed by atoms with Crippen LogP contribution in [-0.2, 0) is 8.54 Å². The average molecular weight is 199 g/mol. The van der Waals surface area contributed by atoms with Gasteiger partial charge in [-0.15, -0.1) is 11.1 Å². The Hall–Kier alpha value is 0.644. The fourth-order valence-corrected chi connectivity index (χ4v) is 7.31. The van der Waals surface area contributed by atoms with E-state index in [9.17, 15) is 0 Å². The molecule has 0 aromatic carbocycles. The Balaban J connectivity index is 3.89. The Labute approximate surface area is 69.6 Å². The Kier molecular flexibility index (Phi) is 3.58. The largest absolute Gasteiger partial charge is 0.424 e. The lowest BCUT2D eigenvalue weighted by Gasteiger charge is -2.27. The third-order valence-electron chi connectivity index (χ3n) is 0.980. The zero-order valence-electron chi connectivity index (χ0n) is 7.19. The minimum Gasteiger partial charge on any atom is -0.424 e. The van der Waals surface area contributed by atoms with Gasteiger partial charge >= 0.3 is 8.56 Å². The molecule has 0 aliphatic heterocycles. The fraction of sp³-hybridized carbons (Fsp3) is 1.00. The van der Waals surface area contributed by atoms with Crippen LogP contribution in [0.1, 0.15) is 0 Å². The van der Waals surface area contributed by atoms with Gasteiger partial charge in [0.1, 0.15) is 0 Å². The van der Waals surface area contributed by atoms with Crippen molar-refractivity contribution in [3.63, 3.8) is 0 Å². The van der Waals surface area contributed by atoms with E-state index in [0.717, 1.165) is 0 Å². The van der Waals surface area contributed by atoms with Gasteiger partial charge in [0, 0.05) is 7.11 Å². The first kappa shape index (κ1) is 10.6. The summed E-state index contributed by atoms with van der Waals surface area (Å²) in [6.07, 6.45) is 0. The molecular formula is C5H15ClO2Si2. The second-order valence-corrected chi connectivity index (χ2v) is 12.6. The number of hydrogen-bond donors (Lipinski definition) is 0. The summed E-state index contributed by atoms with van der Waals surface area (Å²) in [7, 11) is -2.12. The third kappa shape index (κ3) is 5.43. The molecule has 0 atom stereocenters.